The molecule has 0 aliphatic heterocycles. The molecule has 1 N–H and O–H groups in total. The van der Waals surface area contributed by atoms with E-state index in [1.165, 1.54) is 11.3 Å². The zero-order chi connectivity index (χ0) is 19.9. The van der Waals surface area contributed by atoms with Crippen molar-refractivity contribution in [1.29, 1.82) is 0 Å². The Morgan fingerprint density at radius 1 is 1.39 bits per heavy atom. The van der Waals surface area contributed by atoms with Crippen LogP contribution in [0.25, 0.3) is 11.0 Å². The molecule has 148 valence electrons. The van der Waals surface area contributed by atoms with Gasteiger partial charge in [-0.2, -0.15) is 0 Å². The Morgan fingerprint density at radius 2 is 2.18 bits per heavy atom. The van der Waals surface area contributed by atoms with Gasteiger partial charge in [0.15, 0.2) is 0 Å². The number of alkyl halides is 2. The Labute approximate surface area is 164 Å². The van der Waals surface area contributed by atoms with Crippen molar-refractivity contribution in [3.8, 4) is 5.75 Å². The van der Waals surface area contributed by atoms with E-state index >= 15 is 0 Å². The minimum atomic E-state index is -2.59. The lowest BCUT2D eigenvalue weighted by atomic mass is 9.77. The maximum Gasteiger partial charge on any atom is 0.261 e. The predicted octanol–water partition coefficient (Wildman–Crippen LogP) is 5.00. The minimum Gasteiger partial charge on any atom is -0.488 e. The third-order valence-corrected chi connectivity index (χ3v) is 6.21. The molecule has 1 amide bonds. The number of thiazole rings is 1. The van der Waals surface area contributed by atoms with Crippen LogP contribution in [-0.4, -0.2) is 22.9 Å². The van der Waals surface area contributed by atoms with Crippen LogP contribution >= 0.6 is 11.3 Å². The first-order valence-electron chi connectivity index (χ1n) is 9.05. The van der Waals surface area contributed by atoms with Crippen LogP contribution in [0.3, 0.4) is 0 Å². The number of carbonyl (C=O) groups excluding carboxylic acids is 1. The Hall–Kier alpha value is -2.48. The normalized spacial score (nSPS) is 15.6. The summed E-state index contributed by atoms with van der Waals surface area (Å²) in [5, 5.41) is 3.10. The van der Waals surface area contributed by atoms with Crippen LogP contribution in [0.1, 0.15) is 46.0 Å². The molecule has 3 aromatic rings. The lowest BCUT2D eigenvalue weighted by Crippen LogP contribution is -2.58. The minimum absolute atomic E-state index is 0.279. The van der Waals surface area contributed by atoms with Crippen LogP contribution in [0.15, 0.2) is 28.1 Å². The van der Waals surface area contributed by atoms with Crippen molar-refractivity contribution in [2.24, 2.45) is 0 Å². The molecule has 1 aliphatic rings. The molecule has 28 heavy (non-hydrogen) atoms. The molecule has 2 aromatic heterocycles. The molecule has 0 spiro atoms. The SMILES string of the molecule is Cc1ncsc1COc1ccc2oc(C)c(C(=O)NC3(C(F)F)CCC3)c2c1. The van der Waals surface area contributed by atoms with Crippen molar-refractivity contribution in [1.82, 2.24) is 10.3 Å². The van der Waals surface area contributed by atoms with Crippen LogP contribution in [0.2, 0.25) is 0 Å². The zero-order valence-electron chi connectivity index (χ0n) is 15.6. The van der Waals surface area contributed by atoms with E-state index in [2.05, 4.69) is 10.3 Å². The monoisotopic (exact) mass is 406 g/mol. The Kier molecular flexibility index (Phi) is 4.82. The molecule has 1 fully saturated rings. The lowest BCUT2D eigenvalue weighted by Gasteiger charge is -2.41. The quantitative estimate of drug-likeness (QED) is 0.626. The number of furan rings is 1. The van der Waals surface area contributed by atoms with Crippen LogP contribution in [-0.2, 0) is 6.61 Å². The molecule has 1 aliphatic carbocycles. The van der Waals surface area contributed by atoms with E-state index in [-0.39, 0.29) is 18.4 Å². The maximum atomic E-state index is 13.4. The van der Waals surface area contributed by atoms with Crippen molar-refractivity contribution in [2.75, 3.05) is 0 Å². The second kappa shape index (κ2) is 7.16. The maximum absolute atomic E-state index is 13.4. The molecule has 0 saturated heterocycles. The van der Waals surface area contributed by atoms with Crippen LogP contribution in [0.5, 0.6) is 5.75 Å². The summed E-state index contributed by atoms with van der Waals surface area (Å²) in [5.41, 5.74) is 2.05. The van der Waals surface area contributed by atoms with Gasteiger partial charge in [-0.15, -0.1) is 11.3 Å². The summed E-state index contributed by atoms with van der Waals surface area (Å²) < 4.78 is 38.3. The van der Waals surface area contributed by atoms with Gasteiger partial charge in [0.2, 0.25) is 0 Å². The molecule has 4 rings (SSSR count). The summed E-state index contributed by atoms with van der Waals surface area (Å²) in [6.07, 6.45) is -1.34. The smallest absolute Gasteiger partial charge is 0.261 e. The number of halogens is 2. The van der Waals surface area contributed by atoms with Gasteiger partial charge in [-0.3, -0.25) is 4.79 Å². The largest absolute Gasteiger partial charge is 0.488 e. The summed E-state index contributed by atoms with van der Waals surface area (Å²) in [7, 11) is 0. The second-order valence-corrected chi connectivity index (χ2v) is 8.04. The fourth-order valence-electron chi connectivity index (χ4n) is 3.43. The first-order chi connectivity index (χ1) is 13.4. The van der Waals surface area contributed by atoms with Crippen LogP contribution < -0.4 is 10.1 Å². The van der Waals surface area contributed by atoms with Gasteiger partial charge in [-0.1, -0.05) is 0 Å². The molecule has 0 bridgehead atoms. The average Bonchev–Trinajstić information content (AvgIpc) is 3.17. The molecule has 0 unspecified atom stereocenters. The Morgan fingerprint density at radius 3 is 2.79 bits per heavy atom. The Balaban J connectivity index is 1.60. The van der Waals surface area contributed by atoms with Crippen molar-refractivity contribution >= 4 is 28.2 Å². The molecule has 8 heteroatoms. The summed E-state index contributed by atoms with van der Waals surface area (Å²) in [5.74, 6) is 0.431. The van der Waals surface area contributed by atoms with E-state index in [0.29, 0.717) is 35.5 Å². The molecule has 0 radical (unpaired) electrons. The van der Waals surface area contributed by atoms with Crippen molar-refractivity contribution in [2.45, 2.75) is 51.7 Å². The Bertz CT molecular complexity index is 1020. The summed E-state index contributed by atoms with van der Waals surface area (Å²) in [6.45, 7) is 3.94. The lowest BCUT2D eigenvalue weighted by molar-refractivity contribution is -0.0150. The van der Waals surface area contributed by atoms with E-state index in [1.54, 1.807) is 30.6 Å². The number of nitrogens with zero attached hydrogens (tertiary/aromatic N) is 1. The highest BCUT2D eigenvalue weighted by Gasteiger charge is 2.47. The van der Waals surface area contributed by atoms with Gasteiger partial charge in [-0.05, 0) is 51.3 Å². The molecule has 1 aromatic carbocycles. The van der Waals surface area contributed by atoms with Gasteiger partial charge in [0.25, 0.3) is 12.3 Å². The fourth-order valence-corrected chi connectivity index (χ4v) is 4.12. The summed E-state index contributed by atoms with van der Waals surface area (Å²) in [6, 6.07) is 5.20. The fraction of sp³-hybridized carbons (Fsp3) is 0.400. The van der Waals surface area contributed by atoms with E-state index in [1.807, 2.05) is 6.92 Å². The number of ether oxygens (including phenoxy) is 1. The number of carbonyl (C=O) groups is 1. The number of aromatic nitrogens is 1. The highest BCUT2D eigenvalue weighted by Crippen LogP contribution is 2.38. The third-order valence-electron chi connectivity index (χ3n) is 5.30. The number of aryl methyl sites for hydroxylation is 2. The zero-order valence-corrected chi connectivity index (χ0v) is 16.4. The molecular formula is C20H20F2N2O3S. The van der Waals surface area contributed by atoms with Gasteiger partial charge in [0, 0.05) is 5.39 Å². The van der Waals surface area contributed by atoms with Gasteiger partial charge in [0.05, 0.1) is 21.6 Å². The number of benzene rings is 1. The van der Waals surface area contributed by atoms with Gasteiger partial charge < -0.3 is 14.5 Å². The van der Waals surface area contributed by atoms with E-state index < -0.39 is 17.9 Å². The van der Waals surface area contributed by atoms with E-state index in [4.69, 9.17) is 9.15 Å². The second-order valence-electron chi connectivity index (χ2n) is 7.11. The van der Waals surface area contributed by atoms with Crippen LogP contribution in [0.4, 0.5) is 8.78 Å². The van der Waals surface area contributed by atoms with E-state index in [0.717, 1.165) is 10.6 Å². The number of amides is 1. The topological polar surface area (TPSA) is 64.4 Å². The highest BCUT2D eigenvalue weighted by molar-refractivity contribution is 7.09. The van der Waals surface area contributed by atoms with E-state index in [9.17, 15) is 13.6 Å². The predicted molar refractivity (Wildman–Crippen MR) is 102 cm³/mol. The number of hydrogen-bond acceptors (Lipinski definition) is 5. The molecule has 1 saturated carbocycles. The number of nitrogens with one attached hydrogen (secondary N) is 1. The standard InChI is InChI=1S/C20H20F2N2O3S/c1-11-16(28-10-23-11)9-26-13-4-5-15-14(8-13)17(12(2)27-15)18(25)24-20(19(21)22)6-3-7-20/h4-5,8,10,19H,3,6-7,9H2,1-2H3,(H,24,25). The molecular weight excluding hydrogens is 386 g/mol. The average molecular weight is 406 g/mol. The molecule has 2 heterocycles. The van der Waals surface area contributed by atoms with Crippen molar-refractivity contribution in [3.63, 3.8) is 0 Å². The van der Waals surface area contributed by atoms with Gasteiger partial charge in [0.1, 0.15) is 29.2 Å². The highest BCUT2D eigenvalue weighted by atomic mass is 32.1. The van der Waals surface area contributed by atoms with Gasteiger partial charge in [-0.25, -0.2) is 13.8 Å². The number of rotatable bonds is 6. The number of fused-ring (bicyclic) bond motifs is 1. The third kappa shape index (κ3) is 3.26. The summed E-state index contributed by atoms with van der Waals surface area (Å²) >= 11 is 1.51. The van der Waals surface area contributed by atoms with Gasteiger partial charge >= 0.3 is 0 Å². The summed E-state index contributed by atoms with van der Waals surface area (Å²) in [4.78, 5) is 18.0. The van der Waals surface area contributed by atoms with Crippen molar-refractivity contribution in [3.05, 3.63) is 45.6 Å². The molecule has 0 atom stereocenters. The first kappa shape index (κ1) is 18.9. The van der Waals surface area contributed by atoms with Crippen LogP contribution in [0, 0.1) is 13.8 Å². The van der Waals surface area contributed by atoms with Crippen molar-refractivity contribution < 1.29 is 22.7 Å². The first-order valence-corrected chi connectivity index (χ1v) is 9.93. The molecule has 5 nitrogen and oxygen atoms in total. The number of hydrogen-bond donors (Lipinski definition) is 1.